The van der Waals surface area contributed by atoms with E-state index in [9.17, 15) is 5.11 Å². The van der Waals surface area contributed by atoms with Gasteiger partial charge in [-0.15, -0.1) is 6.58 Å². The van der Waals surface area contributed by atoms with Crippen LogP contribution in [-0.2, 0) is 13.0 Å². The minimum Gasteiger partial charge on any atom is -0.489 e. The molecule has 2 nitrogen and oxygen atoms in total. The number of ether oxygens (including phenoxy) is 1. The van der Waals surface area contributed by atoms with Crippen LogP contribution in [0, 0.1) is 23.2 Å². The smallest absolute Gasteiger partial charge is 0.120 e. The van der Waals surface area contributed by atoms with Crippen LogP contribution in [0.5, 0.6) is 5.75 Å². The Morgan fingerprint density at radius 3 is 2.78 bits per heavy atom. The van der Waals surface area contributed by atoms with Gasteiger partial charge in [0, 0.05) is 0 Å². The van der Waals surface area contributed by atoms with Gasteiger partial charge in [-0.2, -0.15) is 0 Å². The van der Waals surface area contributed by atoms with Gasteiger partial charge in [0.2, 0.25) is 0 Å². The fourth-order valence-corrected chi connectivity index (χ4v) is 7.38. The fraction of sp³-hybridized carbons (Fsp3) is 0.533. The second-order valence-corrected chi connectivity index (χ2v) is 10.7. The van der Waals surface area contributed by atoms with Crippen molar-refractivity contribution in [3.63, 3.8) is 0 Å². The molecule has 0 bridgehead atoms. The van der Waals surface area contributed by atoms with Crippen LogP contribution in [0.25, 0.3) is 0 Å². The molecule has 2 heteroatoms. The number of benzene rings is 2. The minimum absolute atomic E-state index is 0.113. The standard InChI is InChI=1S/C30H38O2/c1-3-4-6-11-22-18-23-19-24(32-20-21-9-7-5-8-10-21)12-13-25(23)26-16-17-30(2)27(29(22)26)14-15-28(30)31/h3,5,7-10,12-13,19,22,26-29,31H,1,4,6,11,14-18,20H2,2H3/t22-,26-,27+,28+,29-,30+/m1/s1. The molecule has 3 aliphatic carbocycles. The van der Waals surface area contributed by atoms with Gasteiger partial charge in [-0.1, -0.05) is 49.4 Å². The zero-order valence-corrected chi connectivity index (χ0v) is 19.5. The average molecular weight is 431 g/mol. The van der Waals surface area contributed by atoms with Gasteiger partial charge in [0.25, 0.3) is 0 Å². The molecule has 0 amide bonds. The molecule has 32 heavy (non-hydrogen) atoms. The predicted molar refractivity (Wildman–Crippen MR) is 131 cm³/mol. The summed E-state index contributed by atoms with van der Waals surface area (Å²) in [5.74, 6) is 3.70. The number of unbranched alkanes of at least 4 members (excludes halogenated alkanes) is 1. The fourth-order valence-electron chi connectivity index (χ4n) is 7.38. The van der Waals surface area contributed by atoms with E-state index in [4.69, 9.17) is 4.74 Å². The molecule has 2 saturated carbocycles. The van der Waals surface area contributed by atoms with E-state index >= 15 is 0 Å². The number of aliphatic hydroxyl groups excluding tert-OH is 1. The highest BCUT2D eigenvalue weighted by Gasteiger charge is 2.56. The van der Waals surface area contributed by atoms with Crippen molar-refractivity contribution < 1.29 is 9.84 Å². The van der Waals surface area contributed by atoms with Crippen molar-refractivity contribution in [1.29, 1.82) is 0 Å². The van der Waals surface area contributed by atoms with Crippen LogP contribution < -0.4 is 4.74 Å². The monoisotopic (exact) mass is 430 g/mol. The van der Waals surface area contributed by atoms with E-state index < -0.39 is 0 Å². The Morgan fingerprint density at radius 2 is 1.97 bits per heavy atom. The Labute approximate surface area is 193 Å². The van der Waals surface area contributed by atoms with Gasteiger partial charge in [-0.3, -0.25) is 0 Å². The highest BCUT2D eigenvalue weighted by molar-refractivity contribution is 5.41. The molecule has 0 radical (unpaired) electrons. The zero-order chi connectivity index (χ0) is 22.1. The summed E-state index contributed by atoms with van der Waals surface area (Å²) in [5.41, 5.74) is 4.39. The first-order valence-electron chi connectivity index (χ1n) is 12.7. The van der Waals surface area contributed by atoms with Gasteiger partial charge in [0.15, 0.2) is 0 Å². The summed E-state index contributed by atoms with van der Waals surface area (Å²) in [5, 5.41) is 10.8. The van der Waals surface area contributed by atoms with Crippen LogP contribution in [-0.4, -0.2) is 11.2 Å². The van der Waals surface area contributed by atoms with Gasteiger partial charge in [0.05, 0.1) is 6.10 Å². The van der Waals surface area contributed by atoms with E-state index in [-0.39, 0.29) is 11.5 Å². The number of allylic oxidation sites excluding steroid dienone is 1. The molecular weight excluding hydrogens is 392 g/mol. The van der Waals surface area contributed by atoms with E-state index in [2.05, 4.69) is 62.0 Å². The van der Waals surface area contributed by atoms with Gasteiger partial charge in [-0.25, -0.2) is 0 Å². The highest BCUT2D eigenvalue weighted by atomic mass is 16.5. The quantitative estimate of drug-likeness (QED) is 0.376. The van der Waals surface area contributed by atoms with Crippen molar-refractivity contribution in [3.8, 4) is 5.75 Å². The van der Waals surface area contributed by atoms with Crippen molar-refractivity contribution in [2.75, 3.05) is 0 Å². The van der Waals surface area contributed by atoms with Crippen molar-refractivity contribution in [3.05, 3.63) is 77.9 Å². The molecule has 3 aliphatic rings. The van der Waals surface area contributed by atoms with Crippen molar-refractivity contribution >= 4 is 0 Å². The van der Waals surface area contributed by atoms with Crippen molar-refractivity contribution in [2.45, 2.75) is 76.9 Å². The lowest BCUT2D eigenvalue weighted by atomic mass is 9.52. The van der Waals surface area contributed by atoms with Crippen LogP contribution >= 0.6 is 0 Å². The molecule has 0 aromatic heterocycles. The van der Waals surface area contributed by atoms with E-state index in [1.807, 2.05) is 6.07 Å². The lowest BCUT2D eigenvalue weighted by Gasteiger charge is -2.53. The maximum Gasteiger partial charge on any atom is 0.120 e. The molecule has 6 atom stereocenters. The molecule has 0 aliphatic heterocycles. The van der Waals surface area contributed by atoms with Crippen LogP contribution in [0.4, 0.5) is 0 Å². The average Bonchev–Trinajstić information content (AvgIpc) is 3.12. The Hall–Kier alpha value is -2.06. The number of rotatable bonds is 7. The molecule has 2 aromatic carbocycles. The van der Waals surface area contributed by atoms with Gasteiger partial charge < -0.3 is 9.84 Å². The third kappa shape index (κ3) is 3.92. The number of aliphatic hydroxyl groups is 1. The number of hydrogen-bond acceptors (Lipinski definition) is 2. The zero-order valence-electron chi connectivity index (χ0n) is 19.5. The summed E-state index contributed by atoms with van der Waals surface area (Å²) in [6, 6.07) is 17.3. The van der Waals surface area contributed by atoms with E-state index in [0.717, 1.165) is 31.4 Å². The van der Waals surface area contributed by atoms with Crippen molar-refractivity contribution in [1.82, 2.24) is 0 Å². The maximum atomic E-state index is 10.8. The summed E-state index contributed by atoms with van der Waals surface area (Å²) in [4.78, 5) is 0. The molecule has 0 heterocycles. The lowest BCUT2D eigenvalue weighted by Crippen LogP contribution is -2.47. The highest BCUT2D eigenvalue weighted by Crippen LogP contribution is 2.62. The maximum absolute atomic E-state index is 10.8. The minimum atomic E-state index is -0.113. The summed E-state index contributed by atoms with van der Waals surface area (Å²) >= 11 is 0. The molecule has 0 unspecified atom stereocenters. The van der Waals surface area contributed by atoms with E-state index in [1.54, 1.807) is 5.56 Å². The number of fused-ring (bicyclic) bond motifs is 5. The molecule has 2 aromatic rings. The molecule has 0 spiro atoms. The van der Waals surface area contributed by atoms with Crippen LogP contribution in [0.2, 0.25) is 0 Å². The van der Waals surface area contributed by atoms with Crippen LogP contribution in [0.15, 0.2) is 61.2 Å². The third-order valence-electron chi connectivity index (χ3n) is 9.05. The Morgan fingerprint density at radius 1 is 1.12 bits per heavy atom. The first-order valence-corrected chi connectivity index (χ1v) is 12.7. The topological polar surface area (TPSA) is 29.5 Å². The van der Waals surface area contributed by atoms with Gasteiger partial charge in [-0.05, 0) is 109 Å². The first-order chi connectivity index (χ1) is 15.6. The summed E-state index contributed by atoms with van der Waals surface area (Å²) in [7, 11) is 0. The van der Waals surface area contributed by atoms with Crippen molar-refractivity contribution in [2.24, 2.45) is 23.2 Å². The SMILES string of the molecule is C=CCCC[C@@H]1Cc2cc(OCc3ccccc3)ccc2[C@H]2CC[C@]3(C)[C@@H](O)CC[C@H]3[C@H]12. The first kappa shape index (κ1) is 21.8. The molecule has 0 saturated heterocycles. The van der Waals surface area contributed by atoms with E-state index in [1.165, 1.54) is 36.8 Å². The summed E-state index contributed by atoms with van der Waals surface area (Å²) < 4.78 is 6.18. The second kappa shape index (κ2) is 9.06. The van der Waals surface area contributed by atoms with Crippen LogP contribution in [0.1, 0.15) is 74.5 Å². The summed E-state index contributed by atoms with van der Waals surface area (Å²) in [6.45, 7) is 6.94. The lowest BCUT2D eigenvalue weighted by molar-refractivity contribution is -0.0395. The third-order valence-corrected chi connectivity index (χ3v) is 9.05. The molecule has 5 rings (SSSR count). The molecule has 170 valence electrons. The van der Waals surface area contributed by atoms with Crippen LogP contribution in [0.3, 0.4) is 0 Å². The number of hydrogen-bond donors (Lipinski definition) is 1. The molecular formula is C30H38O2. The van der Waals surface area contributed by atoms with E-state index in [0.29, 0.717) is 30.3 Å². The normalized spacial score (nSPS) is 33.1. The Bertz CT molecular complexity index is 935. The Balaban J connectivity index is 1.41. The second-order valence-electron chi connectivity index (χ2n) is 10.7. The van der Waals surface area contributed by atoms with Gasteiger partial charge >= 0.3 is 0 Å². The largest absolute Gasteiger partial charge is 0.489 e. The molecule has 2 fully saturated rings. The Kier molecular flexibility index (Phi) is 6.16. The van der Waals surface area contributed by atoms with Gasteiger partial charge in [0.1, 0.15) is 12.4 Å². The molecule has 1 N–H and O–H groups in total. The summed E-state index contributed by atoms with van der Waals surface area (Å²) in [6.07, 6.45) is 11.3. The predicted octanol–water partition coefficient (Wildman–Crippen LogP) is 7.07.